The maximum absolute atomic E-state index is 14.3. The molecule has 2 aliphatic heterocycles. The van der Waals surface area contributed by atoms with Crippen LogP contribution in [0.15, 0.2) is 48.3 Å². The van der Waals surface area contributed by atoms with E-state index in [2.05, 4.69) is 51.9 Å². The maximum Gasteiger partial charge on any atom is 0.225 e. The van der Waals surface area contributed by atoms with Gasteiger partial charge in [-0.25, -0.2) is 8.91 Å². The number of nitrogens with zero attached hydrogens (tertiary/aromatic N) is 4. The zero-order valence-corrected chi connectivity index (χ0v) is 19.0. The molecule has 0 bridgehead atoms. The number of fused-ring (bicyclic) bond motifs is 1. The van der Waals surface area contributed by atoms with Gasteiger partial charge in [-0.15, -0.1) is 0 Å². The van der Waals surface area contributed by atoms with Crippen molar-refractivity contribution in [2.24, 2.45) is 11.8 Å². The van der Waals surface area contributed by atoms with Crippen molar-refractivity contribution in [3.8, 4) is 0 Å². The zero-order valence-electron chi connectivity index (χ0n) is 19.0. The lowest BCUT2D eigenvalue weighted by atomic mass is 9.82. The molecule has 1 N–H and O–H groups in total. The van der Waals surface area contributed by atoms with Gasteiger partial charge in [0.25, 0.3) is 0 Å². The average Bonchev–Trinajstić information content (AvgIpc) is 3.62. The first kappa shape index (κ1) is 20.9. The van der Waals surface area contributed by atoms with E-state index in [1.807, 2.05) is 15.6 Å². The lowest BCUT2D eigenvalue weighted by Crippen LogP contribution is -2.49. The largest absolute Gasteiger partial charge is 0.366 e. The van der Waals surface area contributed by atoms with E-state index in [0.717, 1.165) is 69.5 Å². The van der Waals surface area contributed by atoms with Crippen molar-refractivity contribution in [3.63, 3.8) is 0 Å². The number of allylic oxidation sites excluding steroid dienone is 4. The van der Waals surface area contributed by atoms with Gasteiger partial charge in [-0.3, -0.25) is 4.79 Å². The van der Waals surface area contributed by atoms with Gasteiger partial charge in [0.05, 0.1) is 11.2 Å². The highest BCUT2D eigenvalue weighted by molar-refractivity contribution is 5.81. The van der Waals surface area contributed by atoms with E-state index in [9.17, 15) is 9.18 Å². The number of piperazine rings is 1. The fourth-order valence-electron chi connectivity index (χ4n) is 5.60. The van der Waals surface area contributed by atoms with Crippen molar-refractivity contribution in [1.82, 2.24) is 19.8 Å². The second kappa shape index (κ2) is 8.60. The number of carbonyl (C=O) groups excluding carboxylic acids is 1. The molecule has 1 amide bonds. The molecule has 3 atom stereocenters. The minimum absolute atomic E-state index is 0.0234. The number of nitrogens with one attached hydrogen (secondary N) is 1. The zero-order chi connectivity index (χ0) is 22.4. The molecule has 4 aliphatic rings. The monoisotopic (exact) mass is 449 g/mol. The summed E-state index contributed by atoms with van der Waals surface area (Å²) >= 11 is 0. The Kier molecular flexibility index (Phi) is 5.45. The number of aromatic nitrogens is 2. The van der Waals surface area contributed by atoms with Crippen LogP contribution in [0.25, 0.3) is 5.52 Å². The SMILES string of the molecule is O=C(C1CC1)N1CCN(c2ccnn3cc(C4C=CC([C@@H]5CCNC[C@@H]5F)=CC4)cc23)CC1. The molecule has 7 heteroatoms. The summed E-state index contributed by atoms with van der Waals surface area (Å²) in [5, 5.41) is 7.70. The second-order valence-electron chi connectivity index (χ2n) is 9.93. The van der Waals surface area contributed by atoms with Crippen LogP contribution in [0.2, 0.25) is 0 Å². The molecule has 4 heterocycles. The number of hydrogen-bond acceptors (Lipinski definition) is 4. The third-order valence-electron chi connectivity index (χ3n) is 7.76. The molecule has 0 spiro atoms. The van der Waals surface area contributed by atoms with Gasteiger partial charge < -0.3 is 15.1 Å². The Labute approximate surface area is 194 Å². The summed E-state index contributed by atoms with van der Waals surface area (Å²) in [6.45, 7) is 4.65. The molecule has 2 aromatic rings. The first-order chi connectivity index (χ1) is 16.2. The van der Waals surface area contributed by atoms with Gasteiger partial charge >= 0.3 is 0 Å². The summed E-state index contributed by atoms with van der Waals surface area (Å²) in [7, 11) is 0. The van der Waals surface area contributed by atoms with Crippen LogP contribution in [0.3, 0.4) is 0 Å². The Morgan fingerprint density at radius 2 is 2.00 bits per heavy atom. The highest BCUT2D eigenvalue weighted by Crippen LogP contribution is 2.35. The minimum atomic E-state index is -0.796. The number of anilines is 1. The molecule has 2 aromatic heterocycles. The van der Waals surface area contributed by atoms with E-state index in [0.29, 0.717) is 18.4 Å². The molecule has 0 radical (unpaired) electrons. The van der Waals surface area contributed by atoms with Crippen LogP contribution < -0.4 is 10.2 Å². The Morgan fingerprint density at radius 3 is 2.73 bits per heavy atom. The number of hydrogen-bond donors (Lipinski definition) is 1. The fraction of sp³-hybridized carbons (Fsp3) is 0.538. The number of carbonyl (C=O) groups is 1. The van der Waals surface area contributed by atoms with Gasteiger partial charge in [-0.2, -0.15) is 5.10 Å². The van der Waals surface area contributed by atoms with Gasteiger partial charge in [-0.1, -0.05) is 18.2 Å². The summed E-state index contributed by atoms with van der Waals surface area (Å²) in [5.74, 6) is 0.951. The van der Waals surface area contributed by atoms with Crippen LogP contribution in [-0.2, 0) is 4.79 Å². The van der Waals surface area contributed by atoms with Gasteiger partial charge in [0.2, 0.25) is 5.91 Å². The summed E-state index contributed by atoms with van der Waals surface area (Å²) in [4.78, 5) is 16.8. The van der Waals surface area contributed by atoms with Crippen molar-refractivity contribution < 1.29 is 9.18 Å². The van der Waals surface area contributed by atoms with Gasteiger partial charge in [0.15, 0.2) is 0 Å². The third-order valence-corrected chi connectivity index (χ3v) is 7.76. The molecule has 1 saturated carbocycles. The summed E-state index contributed by atoms with van der Waals surface area (Å²) in [6.07, 6.45) is 13.7. The summed E-state index contributed by atoms with van der Waals surface area (Å²) in [6, 6.07) is 4.34. The number of piperidine rings is 1. The van der Waals surface area contributed by atoms with Crippen molar-refractivity contribution in [3.05, 3.63) is 53.9 Å². The van der Waals surface area contributed by atoms with Crippen LogP contribution in [0.1, 0.15) is 37.2 Å². The smallest absolute Gasteiger partial charge is 0.225 e. The van der Waals surface area contributed by atoms with Crippen molar-refractivity contribution in [1.29, 1.82) is 0 Å². The van der Waals surface area contributed by atoms with Gasteiger partial charge in [0, 0.05) is 62.9 Å². The quantitative estimate of drug-likeness (QED) is 0.778. The highest BCUT2D eigenvalue weighted by Gasteiger charge is 2.35. The molecule has 2 saturated heterocycles. The molecule has 1 unspecified atom stereocenters. The topological polar surface area (TPSA) is 52.9 Å². The predicted molar refractivity (Wildman–Crippen MR) is 127 cm³/mol. The molecule has 6 rings (SSSR count). The molecule has 174 valence electrons. The minimum Gasteiger partial charge on any atom is -0.366 e. The molecule has 33 heavy (non-hydrogen) atoms. The fourth-order valence-corrected chi connectivity index (χ4v) is 5.60. The highest BCUT2D eigenvalue weighted by atomic mass is 19.1. The Hall–Kier alpha value is -2.67. The van der Waals surface area contributed by atoms with E-state index >= 15 is 0 Å². The Morgan fingerprint density at radius 1 is 1.15 bits per heavy atom. The van der Waals surface area contributed by atoms with Crippen molar-refractivity contribution in [2.75, 3.05) is 44.2 Å². The molecule has 0 aromatic carbocycles. The Balaban J connectivity index is 1.16. The molecular formula is C26H32FN5O. The molecule has 6 nitrogen and oxygen atoms in total. The first-order valence-corrected chi connectivity index (χ1v) is 12.4. The molecular weight excluding hydrogens is 417 g/mol. The Bertz CT molecular complexity index is 1100. The molecule has 3 fully saturated rings. The van der Waals surface area contributed by atoms with Gasteiger partial charge in [0.1, 0.15) is 6.17 Å². The lowest BCUT2D eigenvalue weighted by molar-refractivity contribution is -0.132. The molecule has 2 aliphatic carbocycles. The van der Waals surface area contributed by atoms with E-state index < -0.39 is 6.17 Å². The number of rotatable bonds is 4. The van der Waals surface area contributed by atoms with E-state index in [4.69, 9.17) is 0 Å². The predicted octanol–water partition coefficient (Wildman–Crippen LogP) is 3.31. The average molecular weight is 450 g/mol. The van der Waals surface area contributed by atoms with E-state index in [1.165, 1.54) is 11.3 Å². The van der Waals surface area contributed by atoms with E-state index in [-0.39, 0.29) is 11.8 Å². The number of halogens is 1. The standard InChI is InChI=1S/C26H32FN5O/c27-23-16-28-9-7-22(23)19-3-1-18(2-4-19)21-15-25-24(8-10-29-32(25)17-21)30-11-13-31(14-12-30)26(33)20-5-6-20/h1,3-4,8,10,15,17-18,20,22-23,28H,2,5-7,9,11-14,16H2/t18?,22-,23-/m0/s1. The summed E-state index contributed by atoms with van der Waals surface area (Å²) < 4.78 is 16.3. The number of amides is 1. The van der Waals surface area contributed by atoms with Crippen LogP contribution in [0, 0.1) is 11.8 Å². The van der Waals surface area contributed by atoms with Crippen LogP contribution >= 0.6 is 0 Å². The van der Waals surface area contributed by atoms with Crippen LogP contribution in [0.5, 0.6) is 0 Å². The van der Waals surface area contributed by atoms with Crippen molar-refractivity contribution >= 4 is 17.1 Å². The summed E-state index contributed by atoms with van der Waals surface area (Å²) in [5.41, 5.74) is 4.69. The van der Waals surface area contributed by atoms with E-state index in [1.54, 1.807) is 0 Å². The maximum atomic E-state index is 14.3. The van der Waals surface area contributed by atoms with Crippen molar-refractivity contribution in [2.45, 2.75) is 37.8 Å². The lowest BCUT2D eigenvalue weighted by Gasteiger charge is -2.36. The first-order valence-electron chi connectivity index (χ1n) is 12.4. The second-order valence-corrected chi connectivity index (χ2v) is 9.93. The third kappa shape index (κ3) is 4.07. The van der Waals surface area contributed by atoms with Gasteiger partial charge in [-0.05, 0) is 55.5 Å². The van der Waals surface area contributed by atoms with Crippen LogP contribution in [0.4, 0.5) is 10.1 Å². The number of alkyl halides is 1. The van der Waals surface area contributed by atoms with Crippen LogP contribution in [-0.4, -0.2) is 65.9 Å². The normalized spacial score (nSPS) is 28.3.